The second kappa shape index (κ2) is 21.4. The molecule has 6 aliphatic rings. The molecular weight excluding hydrogens is 824 g/mol. The lowest BCUT2D eigenvalue weighted by Gasteiger charge is -2.64. The Bertz CT molecular complexity index is 2280. The molecule has 5 aliphatic carbocycles. The average Bonchev–Trinajstić information content (AvgIpc) is 3.96. The molecule has 5 fully saturated rings. The van der Waals surface area contributed by atoms with Crippen molar-refractivity contribution in [1.82, 2.24) is 14.5 Å². The molecule has 1 saturated heterocycles. The summed E-state index contributed by atoms with van der Waals surface area (Å²) in [5.74, 6) is 5.68. The SMILES string of the molecule is CC(C)C12CC(C1)C2.CC(C)c1cc2c(n1C)CC(C)(C)C2.CC(C)c1ccc(-c2ncccn2)cc1.CC(C)c1ccc(C2CC2)cc1C(F)(F)F.CC(C)c1ccc(C2COC2)cc1. The molecule has 2 aromatic heterocycles. The standard InChI is InChI=1S/C13H15F3.C13H14N2.C13H21N.C12H16O.C8H14/c1-8(2)11-6-5-10(9-3-4-9)7-12(11)13(14,15)16;1-10(2)11-4-6-12(7-5-11)13-14-8-3-9-15-13;1-9(2)11-6-10-7-13(3,4)8-12(10)14(11)5;1-9(2)10-3-5-11(6-4-10)12-7-13-8-12;1-6(2)8-3-7(4-8)5-8/h5-9H,3-4H2,1-2H3;3-10H,1-2H3;6,9H,7-8H2,1-5H3;3-6,9,12H,7-8H2,1-2H3;6-7H,3-5H2,1-2H3. The van der Waals surface area contributed by atoms with Crippen molar-refractivity contribution in [3.05, 3.63) is 142 Å². The van der Waals surface area contributed by atoms with Gasteiger partial charge in [-0.2, -0.15) is 13.2 Å². The number of alkyl halides is 3. The minimum absolute atomic E-state index is 0.0927. The van der Waals surface area contributed by atoms with Crippen LogP contribution in [0.3, 0.4) is 0 Å². The summed E-state index contributed by atoms with van der Waals surface area (Å²) < 4.78 is 46.2. The molecule has 7 heteroatoms. The van der Waals surface area contributed by atoms with Gasteiger partial charge in [-0.3, -0.25) is 0 Å². The zero-order chi connectivity index (χ0) is 48.1. The van der Waals surface area contributed by atoms with Gasteiger partial charge in [0.25, 0.3) is 0 Å². The van der Waals surface area contributed by atoms with Crippen LogP contribution in [0.5, 0.6) is 0 Å². The molecule has 11 rings (SSSR count). The van der Waals surface area contributed by atoms with Crippen LogP contribution in [0.2, 0.25) is 0 Å². The summed E-state index contributed by atoms with van der Waals surface area (Å²) in [6.45, 7) is 28.2. The normalized spacial score (nSPS) is 20.1. The van der Waals surface area contributed by atoms with Gasteiger partial charge in [-0.1, -0.05) is 144 Å². The molecule has 4 saturated carbocycles. The predicted molar refractivity (Wildman–Crippen MR) is 268 cm³/mol. The van der Waals surface area contributed by atoms with Crippen LogP contribution in [-0.4, -0.2) is 27.7 Å². The topological polar surface area (TPSA) is 39.9 Å². The third-order valence-corrected chi connectivity index (χ3v) is 14.9. The molecule has 358 valence electrons. The highest BCUT2D eigenvalue weighted by Crippen LogP contribution is 2.67. The Balaban J connectivity index is 0.000000138. The molecule has 0 atom stereocenters. The van der Waals surface area contributed by atoms with E-state index in [1.54, 1.807) is 62.8 Å². The molecule has 0 amide bonds. The van der Waals surface area contributed by atoms with E-state index in [-0.39, 0.29) is 5.92 Å². The van der Waals surface area contributed by atoms with E-state index in [0.717, 1.165) is 60.3 Å². The lowest BCUT2D eigenvalue weighted by molar-refractivity contribution is -0.141. The van der Waals surface area contributed by atoms with Crippen molar-refractivity contribution in [2.24, 2.45) is 29.7 Å². The lowest BCUT2D eigenvalue weighted by atomic mass is 9.41. The van der Waals surface area contributed by atoms with Crippen molar-refractivity contribution in [2.45, 2.75) is 170 Å². The van der Waals surface area contributed by atoms with Crippen molar-refractivity contribution in [2.75, 3.05) is 13.2 Å². The summed E-state index contributed by atoms with van der Waals surface area (Å²) in [7, 11) is 2.22. The minimum Gasteiger partial charge on any atom is -0.380 e. The van der Waals surface area contributed by atoms with E-state index in [1.165, 1.54) is 41.3 Å². The van der Waals surface area contributed by atoms with E-state index in [2.05, 4.69) is 145 Å². The summed E-state index contributed by atoms with van der Waals surface area (Å²) in [6, 6.07) is 26.4. The first-order chi connectivity index (χ1) is 31.1. The van der Waals surface area contributed by atoms with Crippen LogP contribution in [0, 0.1) is 22.7 Å². The van der Waals surface area contributed by atoms with Crippen molar-refractivity contribution in [3.63, 3.8) is 0 Å². The van der Waals surface area contributed by atoms with E-state index < -0.39 is 11.7 Å². The van der Waals surface area contributed by atoms with Gasteiger partial charge in [0.05, 0.1) is 18.8 Å². The highest BCUT2D eigenvalue weighted by molar-refractivity contribution is 5.55. The van der Waals surface area contributed by atoms with E-state index in [4.69, 9.17) is 4.74 Å². The third-order valence-electron chi connectivity index (χ3n) is 14.9. The first-order valence-corrected chi connectivity index (χ1v) is 25.0. The first-order valence-electron chi connectivity index (χ1n) is 25.0. The van der Waals surface area contributed by atoms with Crippen LogP contribution in [0.1, 0.15) is 201 Å². The van der Waals surface area contributed by atoms with Gasteiger partial charge in [-0.25, -0.2) is 9.97 Å². The molecular formula is C59H80F3N3O. The van der Waals surface area contributed by atoms with Crippen molar-refractivity contribution >= 4 is 0 Å². The van der Waals surface area contributed by atoms with E-state index in [0.29, 0.717) is 40.6 Å². The summed E-state index contributed by atoms with van der Waals surface area (Å²) in [5, 5.41) is 0. The smallest absolute Gasteiger partial charge is 0.380 e. The van der Waals surface area contributed by atoms with E-state index in [1.807, 2.05) is 12.1 Å². The van der Waals surface area contributed by atoms with Gasteiger partial charge in [-0.05, 0) is 149 Å². The molecule has 4 nitrogen and oxygen atoms in total. The number of nitrogens with zero attached hydrogens (tertiary/aromatic N) is 3. The Labute approximate surface area is 396 Å². The summed E-state index contributed by atoms with van der Waals surface area (Å²) in [6.07, 6.45) is 8.52. The molecule has 1 aliphatic heterocycles. The molecule has 66 heavy (non-hydrogen) atoms. The Morgan fingerprint density at radius 3 is 1.59 bits per heavy atom. The van der Waals surface area contributed by atoms with E-state index >= 15 is 0 Å². The Morgan fingerprint density at radius 2 is 1.20 bits per heavy atom. The van der Waals surface area contributed by atoms with Crippen LogP contribution < -0.4 is 0 Å². The third kappa shape index (κ3) is 12.8. The molecule has 0 N–H and O–H groups in total. The molecule has 0 radical (unpaired) electrons. The zero-order valence-corrected chi connectivity index (χ0v) is 42.5. The van der Waals surface area contributed by atoms with Crippen LogP contribution in [0.15, 0.2) is 91.3 Å². The van der Waals surface area contributed by atoms with Gasteiger partial charge in [0.15, 0.2) is 5.82 Å². The van der Waals surface area contributed by atoms with Gasteiger partial charge >= 0.3 is 6.18 Å². The van der Waals surface area contributed by atoms with Crippen molar-refractivity contribution in [3.8, 4) is 11.4 Å². The van der Waals surface area contributed by atoms with E-state index in [9.17, 15) is 13.2 Å². The monoisotopic (exact) mass is 904 g/mol. The van der Waals surface area contributed by atoms with Gasteiger partial charge in [0, 0.05) is 42.3 Å². The summed E-state index contributed by atoms with van der Waals surface area (Å²) in [4.78, 5) is 8.42. The zero-order valence-electron chi connectivity index (χ0n) is 42.5. The Morgan fingerprint density at radius 1 is 0.652 bits per heavy atom. The highest BCUT2D eigenvalue weighted by atomic mass is 19.4. The van der Waals surface area contributed by atoms with Crippen LogP contribution in [0.25, 0.3) is 11.4 Å². The fraction of sp³-hybridized carbons (Fsp3) is 0.559. The predicted octanol–water partition coefficient (Wildman–Crippen LogP) is 16.6. The van der Waals surface area contributed by atoms with Crippen molar-refractivity contribution < 1.29 is 17.9 Å². The van der Waals surface area contributed by atoms with Crippen LogP contribution >= 0.6 is 0 Å². The lowest BCUT2D eigenvalue weighted by Crippen LogP contribution is -2.54. The fourth-order valence-electron chi connectivity index (χ4n) is 9.99. The molecule has 2 bridgehead atoms. The first kappa shape index (κ1) is 51.2. The number of hydrogen-bond donors (Lipinski definition) is 0. The molecule has 3 aromatic carbocycles. The summed E-state index contributed by atoms with van der Waals surface area (Å²) >= 11 is 0. The Kier molecular flexibility index (Phi) is 16.6. The molecule has 3 heterocycles. The number of hydrogen-bond acceptors (Lipinski definition) is 3. The Hall–Kier alpha value is -4.23. The van der Waals surface area contributed by atoms with Crippen LogP contribution in [0.4, 0.5) is 13.2 Å². The number of benzene rings is 3. The largest absolute Gasteiger partial charge is 0.416 e. The second-order valence-corrected chi connectivity index (χ2v) is 22.4. The molecule has 0 spiro atoms. The maximum absolute atomic E-state index is 12.9. The minimum atomic E-state index is -4.23. The van der Waals surface area contributed by atoms with Gasteiger partial charge in [-0.15, -0.1) is 0 Å². The van der Waals surface area contributed by atoms with Gasteiger partial charge < -0.3 is 9.30 Å². The number of fused-ring (bicyclic) bond motifs is 1. The van der Waals surface area contributed by atoms with Crippen molar-refractivity contribution in [1.29, 1.82) is 0 Å². The highest BCUT2D eigenvalue weighted by Gasteiger charge is 2.57. The van der Waals surface area contributed by atoms with Gasteiger partial charge in [0.1, 0.15) is 0 Å². The maximum atomic E-state index is 12.9. The number of rotatable bonds is 8. The fourth-order valence-corrected chi connectivity index (χ4v) is 9.99. The van der Waals surface area contributed by atoms with Gasteiger partial charge in [0.2, 0.25) is 0 Å². The molecule has 0 unspecified atom stereocenters. The average molecular weight is 904 g/mol. The van der Waals surface area contributed by atoms with Crippen LogP contribution in [-0.2, 0) is 30.8 Å². The molecule has 5 aromatic rings. The quantitative estimate of drug-likeness (QED) is 0.156. The number of aromatic nitrogens is 3. The second-order valence-electron chi connectivity index (χ2n) is 22.4. The number of ether oxygens (including phenoxy) is 1. The number of halogens is 3. The maximum Gasteiger partial charge on any atom is 0.416 e. The summed E-state index contributed by atoms with van der Waals surface area (Å²) in [5.41, 5.74) is 12.0.